The molecule has 0 spiro atoms. The first-order valence-corrected chi connectivity index (χ1v) is 13.0. The number of amides is 2. The molecule has 0 aliphatic rings. The molecule has 0 unspecified atom stereocenters. The summed E-state index contributed by atoms with van der Waals surface area (Å²) in [6.07, 6.45) is 1.07. The normalized spacial score (nSPS) is 12.2. The van der Waals surface area contributed by atoms with Gasteiger partial charge in [0.15, 0.2) is 0 Å². The van der Waals surface area contributed by atoms with Gasteiger partial charge in [-0.3, -0.25) is 13.9 Å². The van der Waals surface area contributed by atoms with Gasteiger partial charge in [0.05, 0.1) is 11.9 Å². The van der Waals surface area contributed by atoms with E-state index in [1.54, 1.807) is 19.1 Å². The zero-order valence-corrected chi connectivity index (χ0v) is 21.1. The fourth-order valence-electron chi connectivity index (χ4n) is 3.60. The molecular weight excluding hydrogens is 506 g/mol. The molecule has 2 amide bonds. The van der Waals surface area contributed by atoms with Crippen molar-refractivity contribution in [2.45, 2.75) is 19.5 Å². The molecule has 0 aromatic heterocycles. The summed E-state index contributed by atoms with van der Waals surface area (Å²) in [5.41, 5.74) is 1.23. The van der Waals surface area contributed by atoms with E-state index in [0.29, 0.717) is 5.69 Å². The van der Waals surface area contributed by atoms with E-state index in [4.69, 9.17) is 0 Å². The molecule has 0 radical (unpaired) electrons. The molecule has 174 valence electrons. The van der Waals surface area contributed by atoms with Crippen LogP contribution in [0.2, 0.25) is 0 Å². The second-order valence-electron chi connectivity index (χ2n) is 7.71. The van der Waals surface area contributed by atoms with Crippen molar-refractivity contribution in [1.29, 1.82) is 0 Å². The van der Waals surface area contributed by atoms with Crippen molar-refractivity contribution in [1.82, 2.24) is 10.2 Å². The molecule has 1 atom stereocenters. The summed E-state index contributed by atoms with van der Waals surface area (Å²) in [6, 6.07) is 19.3. The lowest BCUT2D eigenvalue weighted by Crippen LogP contribution is -2.50. The highest BCUT2D eigenvalue weighted by molar-refractivity contribution is 9.10. The lowest BCUT2D eigenvalue weighted by atomic mass is 10.1. The van der Waals surface area contributed by atoms with E-state index in [2.05, 4.69) is 21.2 Å². The van der Waals surface area contributed by atoms with E-state index in [9.17, 15) is 18.0 Å². The van der Waals surface area contributed by atoms with Gasteiger partial charge in [-0.1, -0.05) is 64.5 Å². The van der Waals surface area contributed by atoms with Crippen molar-refractivity contribution in [2.75, 3.05) is 24.2 Å². The minimum Gasteiger partial charge on any atom is -0.357 e. The van der Waals surface area contributed by atoms with E-state index in [0.717, 1.165) is 31.4 Å². The van der Waals surface area contributed by atoms with E-state index in [1.165, 1.54) is 11.9 Å². The van der Waals surface area contributed by atoms with Gasteiger partial charge >= 0.3 is 0 Å². The number of benzene rings is 3. The summed E-state index contributed by atoms with van der Waals surface area (Å²) in [6.45, 7) is 1.36. The fraction of sp³-hybridized carbons (Fsp3) is 0.250. The summed E-state index contributed by atoms with van der Waals surface area (Å²) in [4.78, 5) is 27.3. The highest BCUT2D eigenvalue weighted by atomic mass is 79.9. The SMILES string of the molecule is CNC(=O)[C@@H](C)N(Cc1ccc(Br)cc1)C(=O)CN(c1cccc2ccccc12)S(C)(=O)=O. The van der Waals surface area contributed by atoms with Crippen LogP contribution in [-0.4, -0.2) is 51.0 Å². The third kappa shape index (κ3) is 5.91. The number of nitrogens with one attached hydrogen (secondary N) is 1. The van der Waals surface area contributed by atoms with Crippen LogP contribution in [0.5, 0.6) is 0 Å². The van der Waals surface area contributed by atoms with E-state index < -0.39 is 28.5 Å². The van der Waals surface area contributed by atoms with Crippen LogP contribution in [0.25, 0.3) is 10.8 Å². The minimum atomic E-state index is -3.79. The Morgan fingerprint density at radius 3 is 2.27 bits per heavy atom. The maximum absolute atomic E-state index is 13.5. The van der Waals surface area contributed by atoms with Gasteiger partial charge in [-0.25, -0.2) is 8.42 Å². The highest BCUT2D eigenvalue weighted by Gasteiger charge is 2.30. The molecule has 0 bridgehead atoms. The maximum Gasteiger partial charge on any atom is 0.244 e. The third-order valence-corrected chi connectivity index (χ3v) is 7.05. The number of hydrogen-bond acceptors (Lipinski definition) is 4. The molecule has 0 saturated heterocycles. The van der Waals surface area contributed by atoms with Gasteiger partial charge in [-0.15, -0.1) is 0 Å². The van der Waals surface area contributed by atoms with E-state index in [-0.39, 0.29) is 12.5 Å². The molecule has 33 heavy (non-hydrogen) atoms. The Bertz CT molecular complexity index is 1260. The number of anilines is 1. The zero-order valence-electron chi connectivity index (χ0n) is 18.7. The van der Waals surface area contributed by atoms with Crippen molar-refractivity contribution in [2.24, 2.45) is 0 Å². The first kappa shape index (κ1) is 24.7. The second kappa shape index (κ2) is 10.4. The van der Waals surface area contributed by atoms with Crippen LogP contribution in [0.3, 0.4) is 0 Å². The topological polar surface area (TPSA) is 86.8 Å². The molecule has 0 aliphatic carbocycles. The fourth-order valence-corrected chi connectivity index (χ4v) is 4.72. The number of halogens is 1. The lowest BCUT2D eigenvalue weighted by Gasteiger charge is -2.31. The Balaban J connectivity index is 1.99. The zero-order chi connectivity index (χ0) is 24.2. The molecule has 3 aromatic carbocycles. The smallest absolute Gasteiger partial charge is 0.244 e. The quantitative estimate of drug-likeness (QED) is 0.481. The van der Waals surface area contributed by atoms with E-state index >= 15 is 0 Å². The average molecular weight is 532 g/mol. The molecule has 0 fully saturated rings. The number of carbonyl (C=O) groups is 2. The number of likely N-dealkylation sites (N-methyl/N-ethyl adjacent to an activating group) is 1. The number of hydrogen-bond donors (Lipinski definition) is 1. The maximum atomic E-state index is 13.5. The molecule has 1 N–H and O–H groups in total. The van der Waals surface area contributed by atoms with Crippen molar-refractivity contribution >= 4 is 54.2 Å². The van der Waals surface area contributed by atoms with E-state index in [1.807, 2.05) is 54.6 Å². The predicted octanol–water partition coefficient (Wildman–Crippen LogP) is 3.53. The van der Waals surface area contributed by atoms with Gasteiger partial charge in [0, 0.05) is 23.5 Å². The third-order valence-electron chi connectivity index (χ3n) is 5.39. The molecule has 0 saturated carbocycles. The predicted molar refractivity (Wildman–Crippen MR) is 134 cm³/mol. The molecule has 0 heterocycles. The number of nitrogens with zero attached hydrogens (tertiary/aromatic N) is 2. The van der Waals surface area contributed by atoms with Crippen LogP contribution in [0, 0.1) is 0 Å². The van der Waals surface area contributed by atoms with Gasteiger partial charge < -0.3 is 10.2 Å². The van der Waals surface area contributed by atoms with Crippen LogP contribution >= 0.6 is 15.9 Å². The van der Waals surface area contributed by atoms with Gasteiger partial charge in [0.25, 0.3) is 0 Å². The Morgan fingerprint density at radius 1 is 1.00 bits per heavy atom. The number of carbonyl (C=O) groups excluding carboxylic acids is 2. The van der Waals surface area contributed by atoms with Crippen LogP contribution in [0.15, 0.2) is 71.2 Å². The summed E-state index contributed by atoms with van der Waals surface area (Å²) in [5.74, 6) is -0.816. The molecular formula is C24H26BrN3O4S. The van der Waals surface area contributed by atoms with Gasteiger partial charge in [-0.05, 0) is 36.1 Å². The van der Waals surface area contributed by atoms with Gasteiger partial charge in [0.1, 0.15) is 12.6 Å². The number of sulfonamides is 1. The summed E-state index contributed by atoms with van der Waals surface area (Å²) in [5, 5.41) is 4.14. The number of rotatable bonds is 8. The van der Waals surface area contributed by atoms with Crippen LogP contribution in [0.4, 0.5) is 5.69 Å². The highest BCUT2D eigenvalue weighted by Crippen LogP contribution is 2.28. The summed E-state index contributed by atoms with van der Waals surface area (Å²) in [7, 11) is -2.29. The van der Waals surface area contributed by atoms with Crippen molar-refractivity contribution in [3.05, 3.63) is 76.8 Å². The summed E-state index contributed by atoms with van der Waals surface area (Å²) >= 11 is 3.39. The first-order chi connectivity index (χ1) is 15.6. The minimum absolute atomic E-state index is 0.161. The molecule has 3 rings (SSSR count). The van der Waals surface area contributed by atoms with Crippen molar-refractivity contribution in [3.63, 3.8) is 0 Å². The monoisotopic (exact) mass is 531 g/mol. The average Bonchev–Trinajstić information content (AvgIpc) is 2.80. The Labute approximate surface area is 202 Å². The van der Waals surface area contributed by atoms with Gasteiger partial charge in [-0.2, -0.15) is 0 Å². The second-order valence-corrected chi connectivity index (χ2v) is 10.5. The molecule has 3 aromatic rings. The largest absolute Gasteiger partial charge is 0.357 e. The molecule has 0 aliphatic heterocycles. The standard InChI is InChI=1S/C24H26BrN3O4S/c1-17(24(30)26-2)27(15-18-11-13-20(25)14-12-18)23(29)16-28(33(3,31)32)22-10-6-8-19-7-4-5-9-21(19)22/h4-14,17H,15-16H2,1-3H3,(H,26,30)/t17-/m1/s1. The van der Waals surface area contributed by atoms with Crippen molar-refractivity contribution in [3.8, 4) is 0 Å². The Hall–Kier alpha value is -2.91. The molecule has 7 nitrogen and oxygen atoms in total. The Morgan fingerprint density at radius 2 is 1.64 bits per heavy atom. The van der Waals surface area contributed by atoms with Crippen LogP contribution < -0.4 is 9.62 Å². The Kier molecular flexibility index (Phi) is 7.76. The van der Waals surface area contributed by atoms with Gasteiger partial charge in [0.2, 0.25) is 21.8 Å². The lowest BCUT2D eigenvalue weighted by molar-refractivity contribution is -0.139. The molecule has 9 heteroatoms. The van der Waals surface area contributed by atoms with Crippen LogP contribution in [0.1, 0.15) is 12.5 Å². The number of fused-ring (bicyclic) bond motifs is 1. The summed E-state index contributed by atoms with van der Waals surface area (Å²) < 4.78 is 27.5. The van der Waals surface area contributed by atoms with Crippen molar-refractivity contribution < 1.29 is 18.0 Å². The van der Waals surface area contributed by atoms with Crippen LogP contribution in [-0.2, 0) is 26.2 Å². The first-order valence-electron chi connectivity index (χ1n) is 10.3.